The zero-order chi connectivity index (χ0) is 16.4. The van der Waals surface area contributed by atoms with Crippen LogP contribution < -0.4 is 0 Å². The monoisotopic (exact) mass is 307 g/mol. The molecule has 0 atom stereocenters. The van der Waals surface area contributed by atoms with Gasteiger partial charge < -0.3 is 9.52 Å². The Labute approximate surface area is 134 Å². The van der Waals surface area contributed by atoms with E-state index in [0.29, 0.717) is 17.6 Å². The van der Waals surface area contributed by atoms with Crippen LogP contribution in [0.25, 0.3) is 22.8 Å². The van der Waals surface area contributed by atoms with Crippen molar-refractivity contribution in [2.24, 2.45) is 0 Å². The van der Waals surface area contributed by atoms with E-state index in [2.05, 4.69) is 31.0 Å². The standard InChI is InChI=1S/C19H17NO3/c1-12(2)15-4-3-5-16(10-15)17-11-20-18(23-17)13-6-8-14(9-7-13)19(21)22/h3-12H,1-2H3,(H,21,22). The molecule has 1 heterocycles. The fraction of sp³-hybridized carbons (Fsp3) is 0.158. The van der Waals surface area contributed by atoms with Crippen LogP contribution in [0.2, 0.25) is 0 Å². The second kappa shape index (κ2) is 6.08. The molecule has 116 valence electrons. The topological polar surface area (TPSA) is 63.3 Å². The molecule has 0 aliphatic rings. The summed E-state index contributed by atoms with van der Waals surface area (Å²) >= 11 is 0. The first-order valence-electron chi connectivity index (χ1n) is 7.44. The summed E-state index contributed by atoms with van der Waals surface area (Å²) in [7, 11) is 0. The number of benzene rings is 2. The highest BCUT2D eigenvalue weighted by Crippen LogP contribution is 2.28. The molecular weight excluding hydrogens is 290 g/mol. The van der Waals surface area contributed by atoms with Crippen LogP contribution in [0, 0.1) is 0 Å². The molecule has 4 nitrogen and oxygen atoms in total. The van der Waals surface area contributed by atoms with Gasteiger partial charge in [0.2, 0.25) is 5.89 Å². The van der Waals surface area contributed by atoms with Crippen LogP contribution in [0.4, 0.5) is 0 Å². The zero-order valence-corrected chi connectivity index (χ0v) is 13.0. The van der Waals surface area contributed by atoms with Crippen molar-refractivity contribution < 1.29 is 14.3 Å². The number of carboxylic acid groups (broad SMARTS) is 1. The number of carbonyl (C=O) groups is 1. The summed E-state index contributed by atoms with van der Waals surface area (Å²) in [5.74, 6) is 0.674. The van der Waals surface area contributed by atoms with E-state index in [9.17, 15) is 4.79 Å². The Hall–Kier alpha value is -2.88. The van der Waals surface area contributed by atoms with E-state index in [-0.39, 0.29) is 5.56 Å². The number of aromatic nitrogens is 1. The van der Waals surface area contributed by atoms with Crippen LogP contribution in [0.3, 0.4) is 0 Å². The summed E-state index contributed by atoms with van der Waals surface area (Å²) in [6, 6.07) is 14.7. The van der Waals surface area contributed by atoms with E-state index < -0.39 is 5.97 Å². The highest BCUT2D eigenvalue weighted by Gasteiger charge is 2.11. The molecule has 3 aromatic rings. The first kappa shape index (κ1) is 15.0. The van der Waals surface area contributed by atoms with Crippen molar-refractivity contribution in [2.75, 3.05) is 0 Å². The van der Waals surface area contributed by atoms with E-state index in [1.165, 1.54) is 5.56 Å². The summed E-state index contributed by atoms with van der Waals surface area (Å²) in [4.78, 5) is 15.2. The van der Waals surface area contributed by atoms with Gasteiger partial charge in [-0.1, -0.05) is 32.0 Å². The van der Waals surface area contributed by atoms with Crippen molar-refractivity contribution in [3.8, 4) is 22.8 Å². The lowest BCUT2D eigenvalue weighted by Gasteiger charge is -2.06. The lowest BCUT2D eigenvalue weighted by molar-refractivity contribution is 0.0697. The smallest absolute Gasteiger partial charge is 0.335 e. The minimum atomic E-state index is -0.949. The second-order valence-corrected chi connectivity index (χ2v) is 5.69. The number of nitrogens with zero attached hydrogens (tertiary/aromatic N) is 1. The molecular formula is C19H17NO3. The highest BCUT2D eigenvalue weighted by molar-refractivity contribution is 5.88. The largest absolute Gasteiger partial charge is 0.478 e. The van der Waals surface area contributed by atoms with E-state index in [4.69, 9.17) is 9.52 Å². The molecule has 0 saturated heterocycles. The van der Waals surface area contributed by atoms with Gasteiger partial charge in [-0.05, 0) is 41.8 Å². The maximum absolute atomic E-state index is 10.9. The third-order valence-electron chi connectivity index (χ3n) is 3.72. The lowest BCUT2D eigenvalue weighted by Crippen LogP contribution is -1.94. The Morgan fingerprint density at radius 2 is 1.83 bits per heavy atom. The summed E-state index contributed by atoms with van der Waals surface area (Å²) in [6.45, 7) is 4.30. The number of oxazole rings is 1. The molecule has 0 aliphatic heterocycles. The van der Waals surface area contributed by atoms with E-state index >= 15 is 0 Å². The van der Waals surface area contributed by atoms with Crippen molar-refractivity contribution in [1.82, 2.24) is 4.98 Å². The normalized spacial score (nSPS) is 10.9. The van der Waals surface area contributed by atoms with Crippen LogP contribution >= 0.6 is 0 Å². The third kappa shape index (κ3) is 3.16. The average Bonchev–Trinajstić information content (AvgIpc) is 3.05. The van der Waals surface area contributed by atoms with Crippen LogP contribution in [-0.4, -0.2) is 16.1 Å². The predicted molar refractivity (Wildman–Crippen MR) is 88.4 cm³/mol. The third-order valence-corrected chi connectivity index (χ3v) is 3.72. The highest BCUT2D eigenvalue weighted by atomic mass is 16.4. The van der Waals surface area contributed by atoms with E-state index in [0.717, 1.165) is 11.1 Å². The van der Waals surface area contributed by atoms with Gasteiger partial charge in [0.1, 0.15) is 0 Å². The number of aromatic carboxylic acids is 1. The van der Waals surface area contributed by atoms with E-state index in [1.54, 1.807) is 30.5 Å². The van der Waals surface area contributed by atoms with Gasteiger partial charge in [-0.15, -0.1) is 0 Å². The molecule has 1 N–H and O–H groups in total. The molecule has 0 bridgehead atoms. The Balaban J connectivity index is 1.91. The molecule has 23 heavy (non-hydrogen) atoms. The first-order chi connectivity index (χ1) is 11.0. The predicted octanol–water partition coefficient (Wildman–Crippen LogP) is 4.83. The molecule has 1 aromatic heterocycles. The van der Waals surface area contributed by atoms with Gasteiger partial charge in [0, 0.05) is 11.1 Å². The van der Waals surface area contributed by atoms with Crippen LogP contribution in [0.1, 0.15) is 35.7 Å². The fourth-order valence-corrected chi connectivity index (χ4v) is 2.35. The second-order valence-electron chi connectivity index (χ2n) is 5.69. The van der Waals surface area contributed by atoms with Crippen molar-refractivity contribution in [2.45, 2.75) is 19.8 Å². The molecule has 4 heteroatoms. The number of carboxylic acids is 1. The molecule has 0 fully saturated rings. The first-order valence-corrected chi connectivity index (χ1v) is 7.44. The van der Waals surface area contributed by atoms with Crippen molar-refractivity contribution in [3.05, 3.63) is 65.9 Å². The molecule has 0 saturated carbocycles. The van der Waals surface area contributed by atoms with Gasteiger partial charge in [-0.2, -0.15) is 0 Å². The number of hydrogen-bond donors (Lipinski definition) is 1. The minimum absolute atomic E-state index is 0.241. The Bertz CT molecular complexity index is 832. The molecule has 2 aromatic carbocycles. The van der Waals surface area contributed by atoms with Gasteiger partial charge in [-0.25, -0.2) is 9.78 Å². The zero-order valence-electron chi connectivity index (χ0n) is 13.0. The number of rotatable bonds is 4. The fourth-order valence-electron chi connectivity index (χ4n) is 2.35. The van der Waals surface area contributed by atoms with Gasteiger partial charge >= 0.3 is 5.97 Å². The lowest BCUT2D eigenvalue weighted by atomic mass is 10.0. The van der Waals surface area contributed by atoms with Gasteiger partial charge in [0.15, 0.2) is 5.76 Å². The Kier molecular flexibility index (Phi) is 3.98. The van der Waals surface area contributed by atoms with Gasteiger partial charge in [0.05, 0.1) is 11.8 Å². The molecule has 3 rings (SSSR count). The Morgan fingerprint density at radius 3 is 2.48 bits per heavy atom. The van der Waals surface area contributed by atoms with Crippen molar-refractivity contribution in [1.29, 1.82) is 0 Å². The van der Waals surface area contributed by atoms with Crippen LogP contribution in [0.15, 0.2) is 59.1 Å². The van der Waals surface area contributed by atoms with Crippen LogP contribution in [0.5, 0.6) is 0 Å². The molecule has 0 spiro atoms. The van der Waals surface area contributed by atoms with E-state index in [1.807, 2.05) is 12.1 Å². The quantitative estimate of drug-likeness (QED) is 0.749. The Morgan fingerprint density at radius 1 is 1.09 bits per heavy atom. The van der Waals surface area contributed by atoms with Crippen molar-refractivity contribution in [3.63, 3.8) is 0 Å². The van der Waals surface area contributed by atoms with Crippen molar-refractivity contribution >= 4 is 5.97 Å². The average molecular weight is 307 g/mol. The molecule has 0 unspecified atom stereocenters. The summed E-state index contributed by atoms with van der Waals surface area (Å²) in [5, 5.41) is 8.93. The van der Waals surface area contributed by atoms with Gasteiger partial charge in [0.25, 0.3) is 0 Å². The van der Waals surface area contributed by atoms with Crippen LogP contribution in [-0.2, 0) is 0 Å². The minimum Gasteiger partial charge on any atom is -0.478 e. The van der Waals surface area contributed by atoms with Gasteiger partial charge in [-0.3, -0.25) is 0 Å². The number of hydrogen-bond acceptors (Lipinski definition) is 3. The maximum Gasteiger partial charge on any atom is 0.335 e. The molecule has 0 aliphatic carbocycles. The summed E-state index contributed by atoms with van der Waals surface area (Å²) < 4.78 is 5.83. The molecule has 0 amide bonds. The summed E-state index contributed by atoms with van der Waals surface area (Å²) in [6.07, 6.45) is 1.69. The maximum atomic E-state index is 10.9. The molecule has 0 radical (unpaired) electrons. The SMILES string of the molecule is CC(C)c1cccc(-c2cnc(-c3ccc(C(=O)O)cc3)o2)c1. The summed E-state index contributed by atoms with van der Waals surface area (Å²) in [5.41, 5.74) is 3.22.